The van der Waals surface area contributed by atoms with Crippen LogP contribution in [0.1, 0.15) is 11.4 Å². The molecule has 0 aliphatic heterocycles. The minimum atomic E-state index is -4.61. The molecule has 0 aromatic carbocycles. The molecule has 98 valence electrons. The molecule has 0 saturated carbocycles. The fourth-order valence-corrected chi connectivity index (χ4v) is 2.35. The maximum absolute atomic E-state index is 11.8. The second-order valence-corrected chi connectivity index (χ2v) is 4.84. The van der Waals surface area contributed by atoms with E-state index in [2.05, 4.69) is 15.0 Å². The van der Waals surface area contributed by atoms with Gasteiger partial charge in [0.25, 0.3) is 10.0 Å². The van der Waals surface area contributed by atoms with Gasteiger partial charge < -0.3 is 0 Å². The number of nitrogens with one attached hydrogen (secondary N) is 2. The Balaban J connectivity index is 2.77. The van der Waals surface area contributed by atoms with Gasteiger partial charge in [0.15, 0.2) is 6.61 Å². The summed E-state index contributed by atoms with van der Waals surface area (Å²) < 4.78 is 58.4. The Morgan fingerprint density at radius 1 is 1.41 bits per heavy atom. The van der Waals surface area contributed by atoms with E-state index in [0.29, 0.717) is 0 Å². The lowest BCUT2D eigenvalue weighted by Crippen LogP contribution is -2.30. The Labute approximate surface area is 95.2 Å². The monoisotopic (exact) mass is 273 g/mol. The maximum atomic E-state index is 11.8. The van der Waals surface area contributed by atoms with Crippen molar-refractivity contribution in [2.45, 2.75) is 24.9 Å². The molecule has 2 N–H and O–H groups in total. The first-order valence-corrected chi connectivity index (χ1v) is 5.84. The van der Waals surface area contributed by atoms with Gasteiger partial charge in [0.2, 0.25) is 0 Å². The predicted octanol–water partition coefficient (Wildman–Crippen LogP) is 0.799. The summed E-state index contributed by atoms with van der Waals surface area (Å²) in [5, 5.41) is 6.02. The number of H-pyrrole nitrogens is 1. The van der Waals surface area contributed by atoms with Crippen LogP contribution in [0.3, 0.4) is 0 Å². The molecule has 0 aliphatic rings. The van der Waals surface area contributed by atoms with Crippen LogP contribution in [0.4, 0.5) is 13.2 Å². The highest BCUT2D eigenvalue weighted by Crippen LogP contribution is 2.17. The second-order valence-electron chi connectivity index (χ2n) is 3.25. The minimum Gasteiger partial charge on any atom is -0.281 e. The van der Waals surface area contributed by atoms with Gasteiger partial charge in [-0.2, -0.15) is 18.3 Å². The molecule has 0 atom stereocenters. The SMILES string of the molecule is Cc1n[nH]c(C)c1S(=O)(=O)NOCC(F)(F)F. The van der Waals surface area contributed by atoms with E-state index in [1.165, 1.54) is 18.7 Å². The minimum absolute atomic E-state index is 0.144. The van der Waals surface area contributed by atoms with Crippen LogP contribution >= 0.6 is 0 Å². The summed E-state index contributed by atoms with van der Waals surface area (Å²) in [5.74, 6) is 0. The molecule has 0 unspecified atom stereocenters. The molecule has 6 nitrogen and oxygen atoms in total. The number of alkyl halides is 3. The van der Waals surface area contributed by atoms with Crippen LogP contribution in [0.5, 0.6) is 0 Å². The number of hydrogen-bond donors (Lipinski definition) is 2. The first-order chi connectivity index (χ1) is 7.63. The topological polar surface area (TPSA) is 84.1 Å². The second kappa shape index (κ2) is 4.63. The van der Waals surface area contributed by atoms with Gasteiger partial charge in [0.1, 0.15) is 4.90 Å². The van der Waals surface area contributed by atoms with E-state index in [9.17, 15) is 21.6 Å². The highest BCUT2D eigenvalue weighted by atomic mass is 32.2. The summed E-state index contributed by atoms with van der Waals surface area (Å²) in [4.78, 5) is 5.06. The zero-order valence-corrected chi connectivity index (χ0v) is 9.74. The highest BCUT2D eigenvalue weighted by Gasteiger charge is 2.30. The van der Waals surface area contributed by atoms with E-state index >= 15 is 0 Å². The standard InChI is InChI=1S/C7H10F3N3O3S/c1-4-6(5(2)12-11-4)17(14,15)13-16-3-7(8,9)10/h13H,3H2,1-2H3,(H,11,12). The molecule has 1 heterocycles. The van der Waals surface area contributed by atoms with Gasteiger partial charge in [-0.05, 0) is 13.8 Å². The third-order valence-corrected chi connectivity index (χ3v) is 3.21. The molecule has 1 rings (SSSR count). The Hall–Kier alpha value is -1.13. The van der Waals surface area contributed by atoms with Crippen molar-refractivity contribution < 1.29 is 26.4 Å². The number of nitrogens with zero attached hydrogens (tertiary/aromatic N) is 1. The number of hydrogen-bond acceptors (Lipinski definition) is 4. The summed E-state index contributed by atoms with van der Waals surface area (Å²) in [5.41, 5.74) is 0.358. The number of aryl methyl sites for hydroxylation is 2. The summed E-state index contributed by atoms with van der Waals surface area (Å²) in [7, 11) is -4.17. The van der Waals surface area contributed by atoms with Crippen molar-refractivity contribution in [1.82, 2.24) is 15.1 Å². The predicted molar refractivity (Wildman–Crippen MR) is 50.4 cm³/mol. The zero-order valence-electron chi connectivity index (χ0n) is 8.92. The summed E-state index contributed by atoms with van der Waals surface area (Å²) in [6.45, 7) is 1.13. The van der Waals surface area contributed by atoms with Crippen molar-refractivity contribution in [3.05, 3.63) is 11.4 Å². The average Bonchev–Trinajstić information content (AvgIpc) is 2.43. The van der Waals surface area contributed by atoms with Crippen molar-refractivity contribution in [1.29, 1.82) is 0 Å². The number of aromatic amines is 1. The number of rotatable bonds is 4. The van der Waals surface area contributed by atoms with Crippen LogP contribution in [-0.4, -0.2) is 31.4 Å². The molecule has 0 bridgehead atoms. The lowest BCUT2D eigenvalue weighted by atomic mass is 10.4. The Morgan fingerprint density at radius 2 is 2.00 bits per heavy atom. The molecular weight excluding hydrogens is 263 g/mol. The van der Waals surface area contributed by atoms with E-state index in [4.69, 9.17) is 0 Å². The van der Waals surface area contributed by atoms with Crippen molar-refractivity contribution in [3.8, 4) is 0 Å². The molecule has 1 aromatic heterocycles. The first-order valence-electron chi connectivity index (χ1n) is 4.35. The third kappa shape index (κ3) is 3.68. The molecule has 0 amide bonds. The normalized spacial score (nSPS) is 13.0. The molecule has 0 radical (unpaired) electrons. The molecule has 0 saturated heterocycles. The van der Waals surface area contributed by atoms with Gasteiger partial charge in [-0.3, -0.25) is 9.94 Å². The maximum Gasteiger partial charge on any atom is 0.413 e. The zero-order chi connectivity index (χ0) is 13.3. The first kappa shape index (κ1) is 13.9. The number of halogens is 3. The van der Waals surface area contributed by atoms with Crippen LogP contribution in [0.15, 0.2) is 4.90 Å². The molecule has 0 fully saturated rings. The highest BCUT2D eigenvalue weighted by molar-refractivity contribution is 7.89. The Bertz CT molecular complexity index is 475. The van der Waals surface area contributed by atoms with Crippen LogP contribution in [-0.2, 0) is 14.9 Å². The number of aromatic nitrogens is 2. The summed E-state index contributed by atoms with van der Waals surface area (Å²) in [6, 6.07) is 0. The van der Waals surface area contributed by atoms with Crippen molar-refractivity contribution in [2.75, 3.05) is 6.61 Å². The van der Waals surface area contributed by atoms with Crippen molar-refractivity contribution >= 4 is 10.0 Å². The van der Waals surface area contributed by atoms with Crippen molar-refractivity contribution in [2.24, 2.45) is 0 Å². The van der Waals surface area contributed by atoms with Gasteiger partial charge >= 0.3 is 6.18 Å². The van der Waals surface area contributed by atoms with Crippen LogP contribution < -0.4 is 4.89 Å². The molecule has 10 heteroatoms. The molecule has 1 aromatic rings. The third-order valence-electron chi connectivity index (χ3n) is 1.73. The lowest BCUT2D eigenvalue weighted by Gasteiger charge is -2.09. The summed E-state index contributed by atoms with van der Waals surface area (Å²) in [6.07, 6.45) is -4.61. The van der Waals surface area contributed by atoms with Gasteiger partial charge in [0, 0.05) is 0 Å². The average molecular weight is 273 g/mol. The fourth-order valence-electron chi connectivity index (χ4n) is 1.17. The van der Waals surface area contributed by atoms with E-state index < -0.39 is 22.8 Å². The van der Waals surface area contributed by atoms with Gasteiger partial charge in [-0.1, -0.05) is 4.89 Å². The lowest BCUT2D eigenvalue weighted by molar-refractivity contribution is -0.181. The van der Waals surface area contributed by atoms with Gasteiger partial charge in [-0.25, -0.2) is 8.42 Å². The largest absolute Gasteiger partial charge is 0.413 e. The van der Waals surface area contributed by atoms with E-state index in [1.54, 1.807) is 0 Å². The number of sulfonamides is 1. The summed E-state index contributed by atoms with van der Waals surface area (Å²) >= 11 is 0. The Morgan fingerprint density at radius 3 is 2.41 bits per heavy atom. The smallest absolute Gasteiger partial charge is 0.281 e. The Kier molecular flexibility index (Phi) is 3.79. The molecule has 0 spiro atoms. The molecular formula is C7H10F3N3O3S. The van der Waals surface area contributed by atoms with Crippen LogP contribution in [0, 0.1) is 13.8 Å². The fraction of sp³-hybridized carbons (Fsp3) is 0.571. The quantitative estimate of drug-likeness (QED) is 0.795. The van der Waals surface area contributed by atoms with Crippen LogP contribution in [0.25, 0.3) is 0 Å². The van der Waals surface area contributed by atoms with Crippen molar-refractivity contribution in [3.63, 3.8) is 0 Å². The molecule has 0 aliphatic carbocycles. The van der Waals surface area contributed by atoms with E-state index in [1.807, 2.05) is 0 Å². The van der Waals surface area contributed by atoms with Gasteiger partial charge in [-0.15, -0.1) is 0 Å². The van der Waals surface area contributed by atoms with E-state index in [-0.39, 0.29) is 16.3 Å². The molecule has 17 heavy (non-hydrogen) atoms. The van der Waals surface area contributed by atoms with Crippen LogP contribution in [0.2, 0.25) is 0 Å². The van der Waals surface area contributed by atoms with E-state index in [0.717, 1.165) is 0 Å². The van der Waals surface area contributed by atoms with Gasteiger partial charge in [0.05, 0.1) is 11.4 Å².